The van der Waals surface area contributed by atoms with Gasteiger partial charge >= 0.3 is 0 Å². The minimum Gasteiger partial charge on any atom is -0.394 e. The van der Waals surface area contributed by atoms with Crippen LogP contribution in [0.25, 0.3) is 0 Å². The molecular weight excluding hydrogens is 174 g/mol. The summed E-state index contributed by atoms with van der Waals surface area (Å²) >= 11 is 0. The van der Waals surface area contributed by atoms with E-state index < -0.39 is 0 Å². The first kappa shape index (κ1) is 9.69. The van der Waals surface area contributed by atoms with E-state index in [9.17, 15) is 5.11 Å². The van der Waals surface area contributed by atoms with Crippen molar-refractivity contribution in [3.63, 3.8) is 0 Å². The second-order valence-electron chi connectivity index (χ2n) is 3.85. The first-order valence-electron chi connectivity index (χ1n) is 5.31. The topological polar surface area (TPSA) is 23.5 Å². The molecule has 2 nitrogen and oxygen atoms in total. The lowest BCUT2D eigenvalue weighted by atomic mass is 10.1. The van der Waals surface area contributed by atoms with Gasteiger partial charge in [-0.1, -0.05) is 30.3 Å². The molecule has 0 unspecified atom stereocenters. The zero-order chi connectivity index (χ0) is 9.80. The number of likely N-dealkylation sites (tertiary alicyclic amines) is 1. The lowest BCUT2D eigenvalue weighted by molar-refractivity contribution is 0.147. The highest BCUT2D eigenvalue weighted by atomic mass is 16.3. The molecule has 0 bridgehead atoms. The maximum Gasteiger partial charge on any atom is 0.0628 e. The van der Waals surface area contributed by atoms with Crippen LogP contribution in [0.15, 0.2) is 30.3 Å². The Bertz CT molecular complexity index is 267. The summed E-state index contributed by atoms with van der Waals surface area (Å²) in [6.07, 6.45) is 2.53. The molecule has 0 amide bonds. The second-order valence-corrected chi connectivity index (χ2v) is 3.85. The molecule has 1 aliphatic heterocycles. The fourth-order valence-electron chi connectivity index (χ4n) is 2.16. The van der Waals surface area contributed by atoms with Crippen LogP contribution in [0.3, 0.4) is 0 Å². The molecule has 0 aromatic heterocycles. The number of hydrogen-bond donors (Lipinski definition) is 1. The Morgan fingerprint density at radius 2 is 1.79 bits per heavy atom. The lowest BCUT2D eigenvalue weighted by Crippen LogP contribution is -2.28. The number of hydrogen-bond acceptors (Lipinski definition) is 2. The predicted molar refractivity (Wildman–Crippen MR) is 57.1 cm³/mol. The quantitative estimate of drug-likeness (QED) is 0.787. The molecule has 1 N–H and O–H groups in total. The van der Waals surface area contributed by atoms with Gasteiger partial charge in [0.1, 0.15) is 0 Å². The molecule has 1 aromatic rings. The van der Waals surface area contributed by atoms with Crippen LogP contribution in [0.5, 0.6) is 0 Å². The summed E-state index contributed by atoms with van der Waals surface area (Å²) in [5.41, 5.74) is 1.23. The van der Waals surface area contributed by atoms with E-state index in [1.165, 1.54) is 18.4 Å². The average Bonchev–Trinajstić information content (AvgIpc) is 2.74. The van der Waals surface area contributed by atoms with Crippen molar-refractivity contribution < 1.29 is 5.11 Å². The summed E-state index contributed by atoms with van der Waals surface area (Å²) in [6, 6.07) is 10.5. The Balaban J connectivity index is 2.12. The maximum absolute atomic E-state index is 9.40. The van der Waals surface area contributed by atoms with Crippen LogP contribution in [-0.2, 0) is 0 Å². The highest BCUT2D eigenvalue weighted by Crippen LogP contribution is 2.23. The second kappa shape index (κ2) is 4.58. The van der Waals surface area contributed by atoms with Gasteiger partial charge < -0.3 is 5.11 Å². The normalized spacial score (nSPS) is 19.8. The maximum atomic E-state index is 9.40. The van der Waals surface area contributed by atoms with Crippen molar-refractivity contribution in [3.05, 3.63) is 35.9 Å². The van der Waals surface area contributed by atoms with Gasteiger partial charge in [-0.3, -0.25) is 4.90 Å². The Labute approximate surface area is 85.2 Å². The highest BCUT2D eigenvalue weighted by Gasteiger charge is 2.22. The molecule has 2 heteroatoms. The van der Waals surface area contributed by atoms with E-state index in [4.69, 9.17) is 0 Å². The zero-order valence-electron chi connectivity index (χ0n) is 8.39. The van der Waals surface area contributed by atoms with E-state index in [1.807, 2.05) is 18.2 Å². The van der Waals surface area contributed by atoms with Crippen molar-refractivity contribution in [1.82, 2.24) is 4.90 Å². The van der Waals surface area contributed by atoms with Gasteiger partial charge in [0.25, 0.3) is 0 Å². The van der Waals surface area contributed by atoms with Crippen molar-refractivity contribution in [2.75, 3.05) is 19.7 Å². The van der Waals surface area contributed by atoms with Gasteiger partial charge in [-0.25, -0.2) is 0 Å². The summed E-state index contributed by atoms with van der Waals surface area (Å²) in [5.74, 6) is 0. The van der Waals surface area contributed by atoms with E-state index in [0.717, 1.165) is 13.1 Å². The van der Waals surface area contributed by atoms with Gasteiger partial charge in [0, 0.05) is 0 Å². The fraction of sp³-hybridized carbons (Fsp3) is 0.500. The van der Waals surface area contributed by atoms with Crippen LogP contribution in [-0.4, -0.2) is 29.7 Å². The van der Waals surface area contributed by atoms with Crippen molar-refractivity contribution in [3.8, 4) is 0 Å². The summed E-state index contributed by atoms with van der Waals surface area (Å²) in [7, 11) is 0. The first-order chi connectivity index (χ1) is 6.92. The molecule has 0 radical (unpaired) electrons. The first-order valence-corrected chi connectivity index (χ1v) is 5.31. The van der Waals surface area contributed by atoms with Gasteiger partial charge in [0.15, 0.2) is 0 Å². The molecule has 1 aliphatic rings. The summed E-state index contributed by atoms with van der Waals surface area (Å²) in [6.45, 7) is 2.48. The molecule has 1 saturated heterocycles. The van der Waals surface area contributed by atoms with Gasteiger partial charge in [0.05, 0.1) is 12.6 Å². The van der Waals surface area contributed by atoms with Crippen LogP contribution in [0.2, 0.25) is 0 Å². The minimum absolute atomic E-state index is 0.207. The Morgan fingerprint density at radius 1 is 1.14 bits per heavy atom. The van der Waals surface area contributed by atoms with E-state index in [2.05, 4.69) is 17.0 Å². The Morgan fingerprint density at radius 3 is 2.36 bits per heavy atom. The fourth-order valence-corrected chi connectivity index (χ4v) is 2.16. The van der Waals surface area contributed by atoms with Crippen LogP contribution >= 0.6 is 0 Å². The van der Waals surface area contributed by atoms with Crippen molar-refractivity contribution in [2.45, 2.75) is 18.9 Å². The number of benzene rings is 1. The molecule has 1 aromatic carbocycles. The standard InChI is InChI=1S/C12H17NO/c14-10-12(13-8-4-5-9-13)11-6-2-1-3-7-11/h1-3,6-7,12,14H,4-5,8-10H2/t12-/m1/s1. The molecule has 0 aliphatic carbocycles. The molecular formula is C12H17NO. The lowest BCUT2D eigenvalue weighted by Gasteiger charge is -2.25. The van der Waals surface area contributed by atoms with Crippen LogP contribution in [0.4, 0.5) is 0 Å². The Kier molecular flexibility index (Phi) is 3.17. The van der Waals surface area contributed by atoms with E-state index >= 15 is 0 Å². The third kappa shape index (κ3) is 1.97. The van der Waals surface area contributed by atoms with E-state index in [0.29, 0.717) is 0 Å². The molecule has 1 fully saturated rings. The van der Waals surface area contributed by atoms with Crippen molar-refractivity contribution in [1.29, 1.82) is 0 Å². The third-order valence-electron chi connectivity index (χ3n) is 2.94. The van der Waals surface area contributed by atoms with Gasteiger partial charge in [-0.05, 0) is 31.5 Å². The highest BCUT2D eigenvalue weighted by molar-refractivity contribution is 5.19. The van der Waals surface area contributed by atoms with Crippen molar-refractivity contribution in [2.24, 2.45) is 0 Å². The molecule has 1 atom stereocenters. The van der Waals surface area contributed by atoms with Crippen LogP contribution in [0.1, 0.15) is 24.4 Å². The third-order valence-corrected chi connectivity index (χ3v) is 2.94. The molecule has 1 heterocycles. The Hall–Kier alpha value is -0.860. The minimum atomic E-state index is 0.207. The molecule has 2 rings (SSSR count). The molecule has 0 spiro atoms. The summed E-state index contributed by atoms with van der Waals surface area (Å²) in [5, 5.41) is 9.40. The van der Waals surface area contributed by atoms with E-state index in [-0.39, 0.29) is 12.6 Å². The molecule has 14 heavy (non-hydrogen) atoms. The largest absolute Gasteiger partial charge is 0.394 e. The van der Waals surface area contributed by atoms with Gasteiger partial charge in [-0.2, -0.15) is 0 Å². The van der Waals surface area contributed by atoms with Gasteiger partial charge in [-0.15, -0.1) is 0 Å². The number of aliphatic hydroxyl groups excluding tert-OH is 1. The summed E-state index contributed by atoms with van der Waals surface area (Å²) < 4.78 is 0. The monoisotopic (exact) mass is 191 g/mol. The molecule has 76 valence electrons. The van der Waals surface area contributed by atoms with Crippen LogP contribution < -0.4 is 0 Å². The number of nitrogens with zero attached hydrogens (tertiary/aromatic N) is 1. The van der Waals surface area contributed by atoms with E-state index in [1.54, 1.807) is 0 Å². The van der Waals surface area contributed by atoms with Crippen molar-refractivity contribution >= 4 is 0 Å². The van der Waals surface area contributed by atoms with Crippen LogP contribution in [0, 0.1) is 0 Å². The van der Waals surface area contributed by atoms with Gasteiger partial charge in [0.2, 0.25) is 0 Å². The average molecular weight is 191 g/mol. The zero-order valence-corrected chi connectivity index (χ0v) is 8.39. The number of rotatable bonds is 3. The number of aliphatic hydroxyl groups is 1. The smallest absolute Gasteiger partial charge is 0.0628 e. The molecule has 0 saturated carbocycles. The SMILES string of the molecule is OC[C@H](c1ccccc1)N1CCCC1. The summed E-state index contributed by atoms with van der Waals surface area (Å²) in [4.78, 5) is 2.37. The predicted octanol–water partition coefficient (Wildman–Crippen LogP) is 1.82.